The number of ether oxygens (including phenoxy) is 1. The molecule has 20 heavy (non-hydrogen) atoms. The summed E-state index contributed by atoms with van der Waals surface area (Å²) < 4.78 is 6.05. The molecule has 1 N–H and O–H groups in total. The topological polar surface area (TPSA) is 41.6 Å². The number of carbonyl (C=O) groups is 1. The quantitative estimate of drug-likeness (QED) is 0.919. The number of hydrogen-bond donors (Lipinski definition) is 1. The van der Waals surface area contributed by atoms with E-state index in [4.69, 9.17) is 4.74 Å². The summed E-state index contributed by atoms with van der Waals surface area (Å²) in [6.07, 6.45) is 2.02. The lowest BCUT2D eigenvalue weighted by atomic mass is 10.1. The normalized spacial score (nSPS) is 26.1. The first-order valence-corrected chi connectivity index (χ1v) is 7.46. The lowest BCUT2D eigenvalue weighted by molar-refractivity contribution is -0.0846. The first-order valence-electron chi connectivity index (χ1n) is 7.46. The van der Waals surface area contributed by atoms with Gasteiger partial charge in [-0.2, -0.15) is 0 Å². The molecule has 0 spiro atoms. The van der Waals surface area contributed by atoms with E-state index in [9.17, 15) is 4.79 Å². The Labute approximate surface area is 120 Å². The smallest absolute Gasteiger partial charge is 0.256 e. The van der Waals surface area contributed by atoms with Crippen LogP contribution in [0.4, 0.5) is 0 Å². The number of benzene rings is 1. The van der Waals surface area contributed by atoms with Gasteiger partial charge in [0.15, 0.2) is 6.23 Å². The predicted molar refractivity (Wildman–Crippen MR) is 77.5 cm³/mol. The van der Waals surface area contributed by atoms with E-state index < -0.39 is 0 Å². The average Bonchev–Trinajstić information content (AvgIpc) is 2.73. The second-order valence-electron chi connectivity index (χ2n) is 5.84. The number of carbonyl (C=O) groups excluding carboxylic acids is 1. The Kier molecular flexibility index (Phi) is 3.76. The van der Waals surface area contributed by atoms with Gasteiger partial charge in [0.1, 0.15) is 0 Å². The Balaban J connectivity index is 1.93. The minimum absolute atomic E-state index is 0.0954. The highest BCUT2D eigenvalue weighted by Gasteiger charge is 2.41. The molecule has 1 saturated heterocycles. The van der Waals surface area contributed by atoms with E-state index in [1.54, 1.807) is 0 Å². The Hall–Kier alpha value is -1.39. The Bertz CT molecular complexity index is 495. The van der Waals surface area contributed by atoms with Crippen LogP contribution in [0.5, 0.6) is 0 Å². The predicted octanol–water partition coefficient (Wildman–Crippen LogP) is 2.32. The number of nitrogens with one attached hydrogen (secondary N) is 1. The molecule has 0 radical (unpaired) electrons. The molecule has 108 valence electrons. The molecule has 0 aliphatic carbocycles. The van der Waals surface area contributed by atoms with E-state index in [0.29, 0.717) is 0 Å². The minimum atomic E-state index is -0.233. The maximum atomic E-state index is 12.7. The van der Waals surface area contributed by atoms with Crippen LogP contribution in [-0.4, -0.2) is 36.0 Å². The number of nitrogens with zero attached hydrogens (tertiary/aromatic N) is 1. The maximum absolute atomic E-state index is 12.7. The van der Waals surface area contributed by atoms with E-state index in [-0.39, 0.29) is 24.3 Å². The molecule has 3 rings (SSSR count). The monoisotopic (exact) mass is 274 g/mol. The fourth-order valence-electron chi connectivity index (χ4n) is 3.13. The Morgan fingerprint density at radius 2 is 2.15 bits per heavy atom. The summed E-state index contributed by atoms with van der Waals surface area (Å²) in [5.74, 6) is 0.111. The summed E-state index contributed by atoms with van der Waals surface area (Å²) in [4.78, 5) is 14.6. The van der Waals surface area contributed by atoms with Crippen molar-refractivity contribution in [2.24, 2.45) is 0 Å². The van der Waals surface area contributed by atoms with E-state index >= 15 is 0 Å². The molecule has 1 amide bonds. The van der Waals surface area contributed by atoms with Crippen LogP contribution < -0.4 is 5.32 Å². The van der Waals surface area contributed by atoms with E-state index in [1.807, 2.05) is 43.0 Å². The molecule has 2 atom stereocenters. The number of piperidine rings is 1. The molecule has 4 nitrogen and oxygen atoms in total. The van der Waals surface area contributed by atoms with Crippen LogP contribution in [0.3, 0.4) is 0 Å². The molecule has 4 heteroatoms. The van der Waals surface area contributed by atoms with Gasteiger partial charge in [-0.15, -0.1) is 0 Å². The lowest BCUT2D eigenvalue weighted by Gasteiger charge is -2.36. The van der Waals surface area contributed by atoms with Crippen molar-refractivity contribution in [1.29, 1.82) is 0 Å². The highest BCUT2D eigenvalue weighted by atomic mass is 16.5. The van der Waals surface area contributed by atoms with Gasteiger partial charge in [-0.1, -0.05) is 18.2 Å². The number of amides is 1. The Morgan fingerprint density at radius 3 is 2.85 bits per heavy atom. The third-order valence-electron chi connectivity index (χ3n) is 4.01. The molecule has 1 aromatic rings. The third-order valence-corrected chi connectivity index (χ3v) is 4.01. The van der Waals surface area contributed by atoms with Gasteiger partial charge in [0.25, 0.3) is 5.91 Å². The molecule has 1 aromatic carbocycles. The molecular weight excluding hydrogens is 252 g/mol. The van der Waals surface area contributed by atoms with Crippen molar-refractivity contribution in [3.63, 3.8) is 0 Å². The number of fused-ring (bicyclic) bond motifs is 1. The van der Waals surface area contributed by atoms with Crippen LogP contribution >= 0.6 is 0 Å². The zero-order valence-electron chi connectivity index (χ0n) is 12.1. The van der Waals surface area contributed by atoms with Gasteiger partial charge in [0, 0.05) is 23.7 Å². The average molecular weight is 274 g/mol. The fourth-order valence-corrected chi connectivity index (χ4v) is 3.13. The molecule has 2 heterocycles. The fraction of sp³-hybridized carbons (Fsp3) is 0.562. The van der Waals surface area contributed by atoms with Gasteiger partial charge in [-0.3, -0.25) is 4.79 Å². The van der Waals surface area contributed by atoms with Crippen LogP contribution in [-0.2, 0) is 4.74 Å². The van der Waals surface area contributed by atoms with Crippen molar-refractivity contribution in [2.75, 3.05) is 13.1 Å². The van der Waals surface area contributed by atoms with Gasteiger partial charge in [-0.05, 0) is 39.3 Å². The Morgan fingerprint density at radius 1 is 1.35 bits per heavy atom. The van der Waals surface area contributed by atoms with Crippen LogP contribution in [0.25, 0.3) is 0 Å². The zero-order chi connectivity index (χ0) is 14.1. The molecular formula is C16H22N2O2. The highest BCUT2D eigenvalue weighted by Crippen LogP contribution is 2.37. The van der Waals surface area contributed by atoms with Crippen molar-refractivity contribution in [3.8, 4) is 0 Å². The largest absolute Gasteiger partial charge is 0.351 e. The van der Waals surface area contributed by atoms with Crippen molar-refractivity contribution < 1.29 is 9.53 Å². The minimum Gasteiger partial charge on any atom is -0.351 e. The second kappa shape index (κ2) is 5.54. The summed E-state index contributed by atoms with van der Waals surface area (Å²) in [5.41, 5.74) is 1.81. The van der Waals surface area contributed by atoms with Gasteiger partial charge >= 0.3 is 0 Å². The van der Waals surface area contributed by atoms with E-state index in [2.05, 4.69) is 5.32 Å². The first kappa shape index (κ1) is 13.6. The maximum Gasteiger partial charge on any atom is 0.256 e. The second-order valence-corrected chi connectivity index (χ2v) is 5.84. The number of hydrogen-bond acceptors (Lipinski definition) is 3. The van der Waals surface area contributed by atoms with Crippen molar-refractivity contribution >= 4 is 5.91 Å². The van der Waals surface area contributed by atoms with Gasteiger partial charge < -0.3 is 15.0 Å². The summed E-state index contributed by atoms with van der Waals surface area (Å²) in [5, 5.41) is 3.38. The summed E-state index contributed by atoms with van der Waals surface area (Å²) in [7, 11) is 0. The number of rotatable bonds is 3. The van der Waals surface area contributed by atoms with Gasteiger partial charge in [-0.25, -0.2) is 0 Å². The van der Waals surface area contributed by atoms with E-state index in [1.165, 1.54) is 0 Å². The van der Waals surface area contributed by atoms with Crippen molar-refractivity contribution in [1.82, 2.24) is 10.2 Å². The summed E-state index contributed by atoms with van der Waals surface area (Å²) in [6, 6.07) is 8.05. The third kappa shape index (κ3) is 2.34. The van der Waals surface area contributed by atoms with Crippen LogP contribution in [0.1, 0.15) is 48.8 Å². The van der Waals surface area contributed by atoms with Gasteiger partial charge in [0.05, 0.1) is 6.10 Å². The summed E-state index contributed by atoms with van der Waals surface area (Å²) in [6.45, 7) is 5.93. The first-order chi connectivity index (χ1) is 9.68. The SMILES string of the molecule is CC(C)OC1c2ccccc2C(=O)N1[C@H]1CCCNC1. The molecule has 1 fully saturated rings. The van der Waals surface area contributed by atoms with E-state index in [0.717, 1.165) is 37.1 Å². The van der Waals surface area contributed by atoms with Crippen LogP contribution in [0.2, 0.25) is 0 Å². The molecule has 0 aromatic heterocycles. The molecule has 0 saturated carbocycles. The molecule has 2 aliphatic heterocycles. The molecule has 0 bridgehead atoms. The zero-order valence-corrected chi connectivity index (χ0v) is 12.1. The van der Waals surface area contributed by atoms with Crippen molar-refractivity contribution in [2.45, 2.75) is 45.1 Å². The van der Waals surface area contributed by atoms with Crippen LogP contribution in [0.15, 0.2) is 24.3 Å². The molecule has 1 unspecified atom stereocenters. The lowest BCUT2D eigenvalue weighted by Crippen LogP contribution is -2.48. The highest BCUT2D eigenvalue weighted by molar-refractivity contribution is 5.99. The summed E-state index contributed by atoms with van der Waals surface area (Å²) >= 11 is 0. The van der Waals surface area contributed by atoms with Gasteiger partial charge in [0.2, 0.25) is 0 Å². The van der Waals surface area contributed by atoms with Crippen LogP contribution in [0, 0.1) is 0 Å². The standard InChI is InChI=1S/C16H22N2O2/c1-11(2)20-16-14-8-4-3-7-13(14)15(19)18(16)12-6-5-9-17-10-12/h3-4,7-8,11-12,16-17H,5-6,9-10H2,1-2H3/t12-,16?/m0/s1. The van der Waals surface area contributed by atoms with Crippen molar-refractivity contribution in [3.05, 3.63) is 35.4 Å². The molecule has 2 aliphatic rings.